The van der Waals surface area contributed by atoms with Crippen LogP contribution in [0.1, 0.15) is 24.0 Å². The molecule has 3 rings (SSSR count). The predicted molar refractivity (Wildman–Crippen MR) is 141 cm³/mol. The van der Waals surface area contributed by atoms with Gasteiger partial charge in [0, 0.05) is 43.4 Å². The number of aromatic nitrogens is 1. The van der Waals surface area contributed by atoms with Crippen LogP contribution >= 0.6 is 0 Å². The fourth-order valence-electron chi connectivity index (χ4n) is 4.20. The monoisotopic (exact) mass is 523 g/mol. The highest BCUT2D eigenvalue weighted by Gasteiger charge is 2.29. The van der Waals surface area contributed by atoms with Crippen molar-refractivity contribution in [1.82, 2.24) is 26.3 Å². The summed E-state index contributed by atoms with van der Waals surface area (Å²) in [6, 6.07) is 11.0. The number of para-hydroxylation sites is 1. The van der Waals surface area contributed by atoms with Crippen LogP contribution in [0, 0.1) is 0 Å². The molecule has 38 heavy (non-hydrogen) atoms. The van der Waals surface area contributed by atoms with Crippen LogP contribution in [0.3, 0.4) is 0 Å². The number of phenols is 1. The molecule has 0 aliphatic carbocycles. The minimum atomic E-state index is -1.07. The maximum absolute atomic E-state index is 13.5. The fraction of sp³-hybridized carbons (Fsp3) is 0.333. The summed E-state index contributed by atoms with van der Waals surface area (Å²) in [7, 11) is 3.01. The molecule has 3 amide bonds. The lowest BCUT2D eigenvalue weighted by Crippen LogP contribution is -2.57. The van der Waals surface area contributed by atoms with E-state index < -0.39 is 41.8 Å². The molecular formula is C27H33N5O6. The van der Waals surface area contributed by atoms with E-state index in [4.69, 9.17) is 5.11 Å². The quantitative estimate of drug-likeness (QED) is 0.174. The van der Waals surface area contributed by atoms with Gasteiger partial charge in [-0.25, -0.2) is 0 Å². The van der Waals surface area contributed by atoms with Crippen LogP contribution in [0.15, 0.2) is 54.7 Å². The predicted octanol–water partition coefficient (Wildman–Crippen LogP) is 0.827. The SMILES string of the molecule is CNC(=O)[C@@H](Cc1c[nH]c2ccccc12)NC(=O)[C@H](Cc1ccc(O)cc1)NC(=O)[C@H](CCC(=O)O)NC. The highest BCUT2D eigenvalue weighted by Crippen LogP contribution is 2.19. The van der Waals surface area contributed by atoms with E-state index in [1.54, 1.807) is 18.3 Å². The van der Waals surface area contributed by atoms with E-state index >= 15 is 0 Å². The largest absolute Gasteiger partial charge is 0.508 e. The lowest BCUT2D eigenvalue weighted by atomic mass is 10.0. The zero-order valence-corrected chi connectivity index (χ0v) is 21.3. The first-order chi connectivity index (χ1) is 18.2. The molecule has 0 saturated carbocycles. The minimum Gasteiger partial charge on any atom is -0.508 e. The van der Waals surface area contributed by atoms with Gasteiger partial charge in [0.05, 0.1) is 6.04 Å². The van der Waals surface area contributed by atoms with Gasteiger partial charge in [-0.05, 0) is 42.8 Å². The summed E-state index contributed by atoms with van der Waals surface area (Å²) in [5, 5.41) is 30.4. The number of nitrogens with one attached hydrogen (secondary N) is 5. The molecule has 7 N–H and O–H groups in total. The van der Waals surface area contributed by atoms with Crippen LogP contribution in [-0.4, -0.2) is 71.1 Å². The van der Waals surface area contributed by atoms with Crippen LogP contribution in [0.25, 0.3) is 10.9 Å². The van der Waals surface area contributed by atoms with Crippen molar-refractivity contribution in [2.24, 2.45) is 0 Å². The number of carbonyl (C=O) groups excluding carboxylic acids is 3. The standard InChI is InChI=1S/C27H33N5O6/c1-28-21(11-12-24(34)35)26(37)31-22(13-16-7-9-18(33)10-8-16)27(38)32-23(25(36)29-2)14-17-15-30-20-6-4-3-5-19(17)20/h3-10,15,21-23,28,30,33H,11-14H2,1-2H3,(H,29,36)(H,31,37)(H,32,38)(H,34,35)/t21-,22-,23+/m0/s1. The number of amides is 3. The number of carboxylic acids is 1. The maximum atomic E-state index is 13.5. The Morgan fingerprint density at radius 3 is 2.11 bits per heavy atom. The Hall–Kier alpha value is -4.38. The van der Waals surface area contributed by atoms with Crippen LogP contribution in [-0.2, 0) is 32.0 Å². The van der Waals surface area contributed by atoms with Gasteiger partial charge >= 0.3 is 5.97 Å². The molecule has 0 spiro atoms. The zero-order chi connectivity index (χ0) is 27.7. The molecule has 0 bridgehead atoms. The van der Waals surface area contributed by atoms with Crippen LogP contribution < -0.4 is 21.3 Å². The summed E-state index contributed by atoms with van der Waals surface area (Å²) in [6.07, 6.45) is 1.90. The van der Waals surface area contributed by atoms with Gasteiger partial charge in [-0.1, -0.05) is 30.3 Å². The first-order valence-corrected chi connectivity index (χ1v) is 12.3. The molecule has 11 heteroatoms. The zero-order valence-electron chi connectivity index (χ0n) is 21.3. The van der Waals surface area contributed by atoms with E-state index in [2.05, 4.69) is 26.3 Å². The number of H-pyrrole nitrogens is 1. The molecule has 1 aromatic heterocycles. The van der Waals surface area contributed by atoms with Crippen molar-refractivity contribution in [2.45, 2.75) is 43.8 Å². The molecule has 11 nitrogen and oxygen atoms in total. The molecule has 0 aliphatic rings. The van der Waals surface area contributed by atoms with Gasteiger partial charge in [-0.3, -0.25) is 19.2 Å². The number of aromatic hydroxyl groups is 1. The Kier molecular flexibility index (Phi) is 9.83. The Balaban J connectivity index is 1.82. The molecule has 202 valence electrons. The average Bonchev–Trinajstić information content (AvgIpc) is 3.31. The van der Waals surface area contributed by atoms with Crippen molar-refractivity contribution in [3.8, 4) is 5.75 Å². The number of carbonyl (C=O) groups is 4. The van der Waals surface area contributed by atoms with Gasteiger partial charge in [0.25, 0.3) is 0 Å². The summed E-state index contributed by atoms with van der Waals surface area (Å²) in [5.74, 6) is -2.50. The second-order valence-corrected chi connectivity index (χ2v) is 8.94. The number of aliphatic carboxylic acids is 1. The highest BCUT2D eigenvalue weighted by molar-refractivity contribution is 5.94. The Morgan fingerprint density at radius 1 is 0.842 bits per heavy atom. The molecule has 3 aromatic rings. The van der Waals surface area contributed by atoms with Gasteiger partial charge in [0.2, 0.25) is 17.7 Å². The van der Waals surface area contributed by atoms with E-state index in [9.17, 15) is 24.3 Å². The maximum Gasteiger partial charge on any atom is 0.303 e. The number of phenolic OH excluding ortho intramolecular Hbond substituents is 1. The first-order valence-electron chi connectivity index (χ1n) is 12.3. The fourth-order valence-corrected chi connectivity index (χ4v) is 4.20. The smallest absolute Gasteiger partial charge is 0.303 e. The topological polar surface area (TPSA) is 173 Å². The summed E-state index contributed by atoms with van der Waals surface area (Å²) in [4.78, 5) is 53.3. The van der Waals surface area contributed by atoms with Gasteiger partial charge in [0.15, 0.2) is 0 Å². The van der Waals surface area contributed by atoms with Crippen molar-refractivity contribution in [3.63, 3.8) is 0 Å². The molecular weight excluding hydrogens is 490 g/mol. The Labute approximate surface area is 220 Å². The minimum absolute atomic E-state index is 0.0344. The van der Waals surface area contributed by atoms with Crippen LogP contribution in [0.4, 0.5) is 0 Å². The number of likely N-dealkylation sites (N-methyl/N-ethyl adjacent to an activating group) is 2. The average molecular weight is 524 g/mol. The highest BCUT2D eigenvalue weighted by atomic mass is 16.4. The summed E-state index contributed by atoms with van der Waals surface area (Å²) in [6.45, 7) is 0. The van der Waals surface area contributed by atoms with Crippen molar-refractivity contribution >= 4 is 34.6 Å². The lowest BCUT2D eigenvalue weighted by Gasteiger charge is -2.25. The van der Waals surface area contributed by atoms with E-state index in [-0.39, 0.29) is 31.4 Å². The Morgan fingerprint density at radius 2 is 1.47 bits per heavy atom. The van der Waals surface area contributed by atoms with Gasteiger partial charge in [-0.2, -0.15) is 0 Å². The second kappa shape index (κ2) is 13.2. The molecule has 0 aliphatic heterocycles. The van der Waals surface area contributed by atoms with E-state index in [0.717, 1.165) is 16.5 Å². The number of carboxylic acid groups (broad SMARTS) is 1. The van der Waals surface area contributed by atoms with Crippen molar-refractivity contribution in [1.29, 1.82) is 0 Å². The number of hydrogen-bond donors (Lipinski definition) is 7. The van der Waals surface area contributed by atoms with Crippen LogP contribution in [0.2, 0.25) is 0 Å². The third-order valence-electron chi connectivity index (χ3n) is 6.30. The first kappa shape index (κ1) is 28.2. The van der Waals surface area contributed by atoms with E-state index in [0.29, 0.717) is 5.56 Å². The van der Waals surface area contributed by atoms with E-state index in [1.165, 1.54) is 26.2 Å². The normalized spacial score (nSPS) is 13.3. The molecule has 1 heterocycles. The van der Waals surface area contributed by atoms with Crippen LogP contribution in [0.5, 0.6) is 5.75 Å². The van der Waals surface area contributed by atoms with Crippen molar-refractivity contribution in [3.05, 3.63) is 65.9 Å². The summed E-state index contributed by atoms with van der Waals surface area (Å²) in [5.41, 5.74) is 2.42. The van der Waals surface area contributed by atoms with Crippen molar-refractivity contribution < 1.29 is 29.4 Å². The second-order valence-electron chi connectivity index (χ2n) is 8.94. The molecule has 3 atom stereocenters. The number of rotatable bonds is 13. The Bertz CT molecular complexity index is 1270. The third-order valence-corrected chi connectivity index (χ3v) is 6.30. The molecule has 0 fully saturated rings. The van der Waals surface area contributed by atoms with Gasteiger partial charge in [0.1, 0.15) is 17.8 Å². The number of hydrogen-bond acceptors (Lipinski definition) is 6. The molecule has 2 aromatic carbocycles. The molecule has 0 saturated heterocycles. The summed E-state index contributed by atoms with van der Waals surface area (Å²) >= 11 is 0. The lowest BCUT2D eigenvalue weighted by molar-refractivity contribution is -0.137. The number of benzene rings is 2. The van der Waals surface area contributed by atoms with Crippen molar-refractivity contribution in [2.75, 3.05) is 14.1 Å². The third kappa shape index (κ3) is 7.56. The van der Waals surface area contributed by atoms with E-state index in [1.807, 2.05) is 24.3 Å². The van der Waals surface area contributed by atoms with Gasteiger partial charge < -0.3 is 36.5 Å². The van der Waals surface area contributed by atoms with Gasteiger partial charge in [-0.15, -0.1) is 0 Å². The molecule has 0 unspecified atom stereocenters. The number of fused-ring (bicyclic) bond motifs is 1. The number of aromatic amines is 1. The summed E-state index contributed by atoms with van der Waals surface area (Å²) < 4.78 is 0. The molecule has 0 radical (unpaired) electrons.